The minimum Gasteiger partial charge on any atom is -0.289 e. The number of fused-ring (bicyclic) bond motifs is 7. The molecule has 3 aliphatic carbocycles. The molecule has 0 amide bonds. The number of hydrogen-bond donors (Lipinski definition) is 0. The maximum Gasteiger partial charge on any atom is 0.194 e. The number of benzene rings is 2. The van der Waals surface area contributed by atoms with E-state index in [1.165, 1.54) is 30.4 Å². The summed E-state index contributed by atoms with van der Waals surface area (Å²) in [4.78, 5) is 25.4. The van der Waals surface area contributed by atoms with E-state index in [4.69, 9.17) is 0 Å². The van der Waals surface area contributed by atoms with Gasteiger partial charge in [-0.1, -0.05) is 24.3 Å². The molecule has 0 unspecified atom stereocenters. The van der Waals surface area contributed by atoms with Gasteiger partial charge in [0.05, 0.1) is 0 Å². The first-order chi connectivity index (χ1) is 10.2. The van der Waals surface area contributed by atoms with Crippen LogP contribution in [0.3, 0.4) is 0 Å². The molecule has 0 heterocycles. The predicted molar refractivity (Wildman–Crippen MR) is 79.1 cm³/mol. The highest BCUT2D eigenvalue weighted by atomic mass is 16.1. The summed E-state index contributed by atoms with van der Waals surface area (Å²) in [5.41, 5.74) is 4.99. The van der Waals surface area contributed by atoms with Crippen LogP contribution < -0.4 is 0 Å². The molecule has 0 N–H and O–H groups in total. The monoisotopic (exact) mass is 274 g/mol. The lowest BCUT2D eigenvalue weighted by Crippen LogP contribution is -2.21. The van der Waals surface area contributed by atoms with E-state index >= 15 is 0 Å². The van der Waals surface area contributed by atoms with Crippen LogP contribution in [0.25, 0.3) is 0 Å². The van der Waals surface area contributed by atoms with Gasteiger partial charge in [0.2, 0.25) is 0 Å². The number of hydrogen-bond acceptors (Lipinski definition) is 2. The van der Waals surface area contributed by atoms with Crippen molar-refractivity contribution in [2.24, 2.45) is 0 Å². The first-order valence-electron chi connectivity index (χ1n) is 7.60. The van der Waals surface area contributed by atoms with Gasteiger partial charge < -0.3 is 0 Å². The van der Waals surface area contributed by atoms with Gasteiger partial charge in [-0.25, -0.2) is 0 Å². The van der Waals surface area contributed by atoms with Crippen molar-refractivity contribution in [2.45, 2.75) is 31.1 Å². The topological polar surface area (TPSA) is 34.1 Å². The molecule has 0 radical (unpaired) electrons. The number of rotatable bonds is 0. The average Bonchev–Trinajstić information content (AvgIpc) is 3.13. The fourth-order valence-corrected chi connectivity index (χ4v) is 4.43. The highest BCUT2D eigenvalue weighted by Crippen LogP contribution is 2.54. The van der Waals surface area contributed by atoms with Gasteiger partial charge in [-0.05, 0) is 54.4 Å². The summed E-state index contributed by atoms with van der Waals surface area (Å²) in [5.74, 6) is 1.22. The van der Waals surface area contributed by atoms with Crippen LogP contribution in [0.1, 0.15) is 74.1 Å². The molecule has 0 aromatic heterocycles. The highest BCUT2D eigenvalue weighted by molar-refractivity contribution is 6.28. The van der Waals surface area contributed by atoms with Gasteiger partial charge in [-0.2, -0.15) is 0 Å². The van der Waals surface area contributed by atoms with Gasteiger partial charge in [-0.15, -0.1) is 0 Å². The van der Waals surface area contributed by atoms with Crippen molar-refractivity contribution < 1.29 is 9.59 Å². The third kappa shape index (κ3) is 1.33. The zero-order chi connectivity index (χ0) is 14.1. The Morgan fingerprint density at radius 1 is 0.714 bits per heavy atom. The van der Waals surface area contributed by atoms with Crippen LogP contribution in [0.2, 0.25) is 0 Å². The SMILES string of the molecule is O=C1c2ccccc2C(=O)c2cc3c(cc21)[C@H]1CC[C@H]3C1. The standard InChI is InChI=1S/C19H14O2/c20-18-12-3-1-2-4-13(12)19(21)17-9-15-11-6-5-10(7-11)14(15)8-16(17)18/h1-4,8-11H,5-7H2/t10-,11-/m0/s1. The molecule has 2 atom stereocenters. The van der Waals surface area contributed by atoms with Crippen LogP contribution in [0.4, 0.5) is 0 Å². The molecular formula is C19H14O2. The van der Waals surface area contributed by atoms with Crippen LogP contribution in [-0.4, -0.2) is 11.6 Å². The average molecular weight is 274 g/mol. The molecule has 1 saturated carbocycles. The Labute approximate surface area is 122 Å². The Kier molecular flexibility index (Phi) is 2.02. The fourth-order valence-electron chi connectivity index (χ4n) is 4.43. The summed E-state index contributed by atoms with van der Waals surface area (Å²) < 4.78 is 0. The molecule has 0 saturated heterocycles. The van der Waals surface area contributed by atoms with Crippen LogP contribution in [0, 0.1) is 0 Å². The summed E-state index contributed by atoms with van der Waals surface area (Å²) in [5, 5.41) is 0. The lowest BCUT2D eigenvalue weighted by Gasteiger charge is -2.22. The highest BCUT2D eigenvalue weighted by Gasteiger charge is 2.40. The number of ketones is 2. The first-order valence-corrected chi connectivity index (χ1v) is 7.60. The molecule has 2 nitrogen and oxygen atoms in total. The Balaban J connectivity index is 1.79. The molecule has 21 heavy (non-hydrogen) atoms. The van der Waals surface area contributed by atoms with E-state index in [9.17, 15) is 9.59 Å². The van der Waals surface area contributed by atoms with Gasteiger partial charge in [0, 0.05) is 22.3 Å². The second kappa shape index (κ2) is 3.70. The van der Waals surface area contributed by atoms with E-state index in [1.807, 2.05) is 24.3 Å². The van der Waals surface area contributed by atoms with Crippen LogP contribution in [-0.2, 0) is 0 Å². The summed E-state index contributed by atoms with van der Waals surface area (Å²) in [6.45, 7) is 0. The second-order valence-corrected chi connectivity index (χ2v) is 6.44. The van der Waals surface area contributed by atoms with E-state index in [-0.39, 0.29) is 11.6 Å². The minimum atomic E-state index is 0.00535. The summed E-state index contributed by atoms with van der Waals surface area (Å²) in [6, 6.07) is 11.2. The number of carbonyl (C=O) groups excluding carboxylic acids is 2. The van der Waals surface area contributed by atoms with Crippen molar-refractivity contribution in [1.29, 1.82) is 0 Å². The van der Waals surface area contributed by atoms with Crippen molar-refractivity contribution >= 4 is 11.6 Å². The van der Waals surface area contributed by atoms with Gasteiger partial charge in [0.25, 0.3) is 0 Å². The van der Waals surface area contributed by atoms with Crippen LogP contribution in [0.5, 0.6) is 0 Å². The van der Waals surface area contributed by atoms with Gasteiger partial charge in [-0.3, -0.25) is 9.59 Å². The first kappa shape index (κ1) is 11.4. The van der Waals surface area contributed by atoms with E-state index < -0.39 is 0 Å². The lowest BCUT2D eigenvalue weighted by molar-refractivity contribution is 0.0979. The molecule has 5 rings (SSSR count). The predicted octanol–water partition coefficient (Wildman–Crippen LogP) is 3.83. The molecule has 3 aliphatic rings. The lowest BCUT2D eigenvalue weighted by atomic mass is 9.79. The van der Waals surface area contributed by atoms with Crippen LogP contribution in [0.15, 0.2) is 36.4 Å². The van der Waals surface area contributed by atoms with Crippen molar-refractivity contribution in [3.63, 3.8) is 0 Å². The molecule has 1 fully saturated rings. The fraction of sp³-hybridized carbons (Fsp3) is 0.263. The smallest absolute Gasteiger partial charge is 0.194 e. The Morgan fingerprint density at radius 3 is 1.67 bits per heavy atom. The van der Waals surface area contributed by atoms with Crippen molar-refractivity contribution in [3.8, 4) is 0 Å². The zero-order valence-electron chi connectivity index (χ0n) is 11.6. The van der Waals surface area contributed by atoms with Gasteiger partial charge >= 0.3 is 0 Å². The normalized spacial score (nSPS) is 24.8. The molecule has 2 aromatic rings. The van der Waals surface area contributed by atoms with E-state index in [2.05, 4.69) is 0 Å². The van der Waals surface area contributed by atoms with Crippen molar-refractivity contribution in [1.82, 2.24) is 0 Å². The maximum atomic E-state index is 12.7. The quantitative estimate of drug-likeness (QED) is 0.624. The van der Waals surface area contributed by atoms with Crippen LogP contribution >= 0.6 is 0 Å². The zero-order valence-corrected chi connectivity index (χ0v) is 11.6. The molecule has 102 valence electrons. The van der Waals surface area contributed by atoms with E-state index in [0.717, 1.165) is 0 Å². The third-order valence-corrected chi connectivity index (χ3v) is 5.44. The Morgan fingerprint density at radius 2 is 1.19 bits per heavy atom. The van der Waals surface area contributed by atoms with Gasteiger partial charge in [0.15, 0.2) is 11.6 Å². The van der Waals surface area contributed by atoms with Gasteiger partial charge in [0.1, 0.15) is 0 Å². The third-order valence-electron chi connectivity index (χ3n) is 5.44. The summed E-state index contributed by atoms with van der Waals surface area (Å²) in [6.07, 6.45) is 3.66. The summed E-state index contributed by atoms with van der Waals surface area (Å²) >= 11 is 0. The van der Waals surface area contributed by atoms with Crippen molar-refractivity contribution in [3.05, 3.63) is 69.8 Å². The minimum absolute atomic E-state index is 0.00535. The molecular weight excluding hydrogens is 260 g/mol. The second-order valence-electron chi connectivity index (χ2n) is 6.44. The molecule has 2 bridgehead atoms. The number of carbonyl (C=O) groups is 2. The molecule has 2 heteroatoms. The van der Waals surface area contributed by atoms with E-state index in [1.54, 1.807) is 12.1 Å². The largest absolute Gasteiger partial charge is 0.289 e. The molecule has 2 aromatic carbocycles. The molecule has 0 aliphatic heterocycles. The van der Waals surface area contributed by atoms with Crippen molar-refractivity contribution in [2.75, 3.05) is 0 Å². The maximum absolute atomic E-state index is 12.7. The van der Waals surface area contributed by atoms with E-state index in [0.29, 0.717) is 34.1 Å². The Hall–Kier alpha value is -2.22. The summed E-state index contributed by atoms with van der Waals surface area (Å²) in [7, 11) is 0. The molecule has 0 spiro atoms. The Bertz CT molecular complexity index is 763.